The molecular weight excluding hydrogens is 420 g/mol. The number of carboxylic acid groups (broad SMARTS) is 2. The number of aliphatic carboxylic acids is 1. The molecule has 1 atom stereocenters. The number of benzene rings is 2. The Morgan fingerprint density at radius 2 is 1.90 bits per heavy atom. The Balaban J connectivity index is 1.48. The van der Waals surface area contributed by atoms with Crippen LogP contribution in [0.4, 0.5) is 0 Å². The Kier molecular flexibility index (Phi) is 5.79. The maximum atomic E-state index is 11.8. The maximum absolute atomic E-state index is 11.8. The number of fused-ring (bicyclic) bond motifs is 1. The first-order chi connectivity index (χ1) is 14.9. The van der Waals surface area contributed by atoms with Crippen LogP contribution in [0.3, 0.4) is 0 Å². The van der Waals surface area contributed by atoms with Crippen molar-refractivity contribution in [3.8, 4) is 11.3 Å². The number of halogens is 1. The van der Waals surface area contributed by atoms with Crippen LogP contribution in [0, 0.1) is 0 Å². The van der Waals surface area contributed by atoms with Crippen molar-refractivity contribution in [2.24, 2.45) is 0 Å². The van der Waals surface area contributed by atoms with Crippen LogP contribution < -0.4 is 5.32 Å². The van der Waals surface area contributed by atoms with Gasteiger partial charge in [-0.25, -0.2) is 4.79 Å². The van der Waals surface area contributed by atoms with Gasteiger partial charge < -0.3 is 19.6 Å². The Morgan fingerprint density at radius 3 is 2.68 bits per heavy atom. The van der Waals surface area contributed by atoms with E-state index in [-0.39, 0.29) is 12.1 Å². The predicted molar refractivity (Wildman–Crippen MR) is 116 cm³/mol. The molecule has 1 unspecified atom stereocenters. The van der Waals surface area contributed by atoms with E-state index in [1.807, 2.05) is 30.5 Å². The number of aromatic nitrogens is 1. The second kappa shape index (κ2) is 8.67. The Bertz CT molecular complexity index is 1260. The van der Waals surface area contributed by atoms with Gasteiger partial charge in [-0.3, -0.25) is 10.1 Å². The zero-order valence-electron chi connectivity index (χ0n) is 16.3. The summed E-state index contributed by atoms with van der Waals surface area (Å²) in [7, 11) is 0. The highest BCUT2D eigenvalue weighted by molar-refractivity contribution is 6.33. The van der Waals surface area contributed by atoms with E-state index in [0.717, 1.165) is 16.5 Å². The SMILES string of the molecule is O=C(O)c1ccc(Cl)c(-c2ccc(CNC(Cc3c[nH]c4ccccc34)C(=O)O)o2)c1. The van der Waals surface area contributed by atoms with Gasteiger partial charge in [-0.1, -0.05) is 29.8 Å². The molecule has 0 fully saturated rings. The number of furan rings is 1. The average molecular weight is 439 g/mol. The molecule has 0 saturated heterocycles. The summed E-state index contributed by atoms with van der Waals surface area (Å²) < 4.78 is 5.78. The molecule has 0 amide bonds. The molecule has 7 nitrogen and oxygen atoms in total. The minimum absolute atomic E-state index is 0.0974. The number of carbonyl (C=O) groups is 2. The average Bonchev–Trinajstić information content (AvgIpc) is 3.38. The number of H-pyrrole nitrogens is 1. The molecule has 2 aromatic heterocycles. The van der Waals surface area contributed by atoms with E-state index in [4.69, 9.17) is 16.0 Å². The standard InChI is InChI=1S/C23H19ClN2O5/c24-18-7-5-13(22(27)28)9-17(18)21-8-6-15(31-21)12-26-20(23(29)30)10-14-11-25-19-4-2-1-3-16(14)19/h1-9,11,20,25-26H,10,12H2,(H,27,28)(H,29,30). The third-order valence-corrected chi connectivity index (χ3v) is 5.39. The molecule has 0 aliphatic carbocycles. The fourth-order valence-corrected chi connectivity index (χ4v) is 3.67. The first kappa shape index (κ1) is 20.7. The largest absolute Gasteiger partial charge is 0.480 e. The Morgan fingerprint density at radius 1 is 1.10 bits per heavy atom. The number of rotatable bonds is 8. The van der Waals surface area contributed by atoms with Crippen LogP contribution >= 0.6 is 11.6 Å². The topological polar surface area (TPSA) is 116 Å². The van der Waals surface area contributed by atoms with Crippen molar-refractivity contribution in [1.29, 1.82) is 0 Å². The maximum Gasteiger partial charge on any atom is 0.335 e. The van der Waals surface area contributed by atoms with Crippen LogP contribution in [-0.4, -0.2) is 33.2 Å². The summed E-state index contributed by atoms with van der Waals surface area (Å²) >= 11 is 6.19. The second-order valence-electron chi connectivity index (χ2n) is 7.10. The smallest absolute Gasteiger partial charge is 0.335 e. The molecule has 0 saturated carbocycles. The van der Waals surface area contributed by atoms with Gasteiger partial charge in [0.15, 0.2) is 0 Å². The van der Waals surface area contributed by atoms with Gasteiger partial charge in [0, 0.05) is 29.1 Å². The van der Waals surface area contributed by atoms with Crippen LogP contribution in [0.5, 0.6) is 0 Å². The third kappa shape index (κ3) is 4.47. The van der Waals surface area contributed by atoms with Gasteiger partial charge in [0.05, 0.1) is 17.1 Å². The lowest BCUT2D eigenvalue weighted by molar-refractivity contribution is -0.139. The molecule has 8 heteroatoms. The lowest BCUT2D eigenvalue weighted by Gasteiger charge is -2.13. The van der Waals surface area contributed by atoms with Gasteiger partial charge in [-0.15, -0.1) is 0 Å². The van der Waals surface area contributed by atoms with E-state index < -0.39 is 18.0 Å². The third-order valence-electron chi connectivity index (χ3n) is 5.06. The van der Waals surface area contributed by atoms with Crippen molar-refractivity contribution in [1.82, 2.24) is 10.3 Å². The lowest BCUT2D eigenvalue weighted by atomic mass is 10.0. The Labute approximate surface area is 182 Å². The van der Waals surface area contributed by atoms with E-state index in [9.17, 15) is 19.8 Å². The molecule has 0 radical (unpaired) electrons. The number of nitrogens with one attached hydrogen (secondary N) is 2. The van der Waals surface area contributed by atoms with Gasteiger partial charge in [0.2, 0.25) is 0 Å². The molecule has 4 N–H and O–H groups in total. The van der Waals surface area contributed by atoms with E-state index >= 15 is 0 Å². The lowest BCUT2D eigenvalue weighted by Crippen LogP contribution is -2.37. The second-order valence-corrected chi connectivity index (χ2v) is 7.51. The van der Waals surface area contributed by atoms with Crippen LogP contribution in [-0.2, 0) is 17.8 Å². The summed E-state index contributed by atoms with van der Waals surface area (Å²) in [5, 5.41) is 23.2. The zero-order chi connectivity index (χ0) is 22.0. The number of para-hydroxylation sites is 1. The predicted octanol–water partition coefficient (Wildman–Crippen LogP) is 4.57. The van der Waals surface area contributed by atoms with Crippen molar-refractivity contribution >= 4 is 34.4 Å². The number of hydrogen-bond donors (Lipinski definition) is 4. The van der Waals surface area contributed by atoms with Gasteiger partial charge in [-0.05, 0) is 42.0 Å². The molecule has 2 heterocycles. The highest BCUT2D eigenvalue weighted by Crippen LogP contribution is 2.30. The van der Waals surface area contributed by atoms with E-state index in [1.54, 1.807) is 12.1 Å². The summed E-state index contributed by atoms with van der Waals surface area (Å²) in [4.78, 5) is 26.1. The summed E-state index contributed by atoms with van der Waals surface area (Å²) in [5.74, 6) is -1.10. The quantitative estimate of drug-likeness (QED) is 0.320. The number of aromatic amines is 1. The molecule has 0 spiro atoms. The van der Waals surface area contributed by atoms with Crippen LogP contribution in [0.25, 0.3) is 22.2 Å². The van der Waals surface area contributed by atoms with Crippen molar-refractivity contribution < 1.29 is 24.2 Å². The van der Waals surface area contributed by atoms with Crippen molar-refractivity contribution in [3.05, 3.63) is 82.7 Å². The zero-order valence-corrected chi connectivity index (χ0v) is 17.0. The van der Waals surface area contributed by atoms with Gasteiger partial charge >= 0.3 is 11.9 Å². The fourth-order valence-electron chi connectivity index (χ4n) is 3.46. The monoisotopic (exact) mass is 438 g/mol. The molecule has 0 bridgehead atoms. The fraction of sp³-hybridized carbons (Fsp3) is 0.130. The van der Waals surface area contributed by atoms with E-state index in [0.29, 0.717) is 28.5 Å². The van der Waals surface area contributed by atoms with Crippen LogP contribution in [0.1, 0.15) is 21.7 Å². The minimum atomic E-state index is -1.06. The molecule has 158 valence electrons. The highest BCUT2D eigenvalue weighted by atomic mass is 35.5. The molecule has 31 heavy (non-hydrogen) atoms. The normalized spacial score (nSPS) is 12.2. The van der Waals surface area contributed by atoms with Crippen molar-refractivity contribution in [2.75, 3.05) is 0 Å². The summed E-state index contributed by atoms with van der Waals surface area (Å²) in [6.07, 6.45) is 2.13. The molecule has 4 rings (SSSR count). The first-order valence-electron chi connectivity index (χ1n) is 9.55. The molecular formula is C23H19ClN2O5. The van der Waals surface area contributed by atoms with Gasteiger partial charge in [0.1, 0.15) is 17.6 Å². The summed E-state index contributed by atoms with van der Waals surface area (Å²) in [6.45, 7) is 0.190. The van der Waals surface area contributed by atoms with Crippen molar-refractivity contribution in [3.63, 3.8) is 0 Å². The molecule has 0 aliphatic rings. The number of hydrogen-bond acceptors (Lipinski definition) is 4. The van der Waals surface area contributed by atoms with Gasteiger partial charge in [0.25, 0.3) is 0 Å². The van der Waals surface area contributed by atoms with Crippen LogP contribution in [0.15, 0.2) is 65.2 Å². The van der Waals surface area contributed by atoms with E-state index in [2.05, 4.69) is 10.3 Å². The summed E-state index contributed by atoms with van der Waals surface area (Å²) in [5.41, 5.74) is 2.42. The summed E-state index contributed by atoms with van der Waals surface area (Å²) in [6, 6.07) is 14.7. The highest BCUT2D eigenvalue weighted by Gasteiger charge is 2.20. The number of carboxylic acids is 2. The minimum Gasteiger partial charge on any atom is -0.480 e. The first-order valence-corrected chi connectivity index (χ1v) is 9.93. The molecule has 4 aromatic rings. The van der Waals surface area contributed by atoms with E-state index in [1.165, 1.54) is 18.2 Å². The van der Waals surface area contributed by atoms with Crippen LogP contribution in [0.2, 0.25) is 5.02 Å². The molecule has 0 aliphatic heterocycles. The van der Waals surface area contributed by atoms with Gasteiger partial charge in [-0.2, -0.15) is 0 Å². The Hall–Kier alpha value is -3.55. The number of aromatic carboxylic acids is 1. The van der Waals surface area contributed by atoms with Crippen molar-refractivity contribution in [2.45, 2.75) is 19.0 Å². The molecule has 2 aromatic carbocycles.